The quantitative estimate of drug-likeness (QED) is 0.342. The Bertz CT molecular complexity index is 1450. The number of carbonyl (C=O) groups is 3. The minimum Gasteiger partial charge on any atom is -0.447 e. The first-order chi connectivity index (χ1) is 20.5. The van der Waals surface area contributed by atoms with Crippen LogP contribution < -0.4 is 9.80 Å². The van der Waals surface area contributed by atoms with Crippen molar-refractivity contribution in [3.05, 3.63) is 58.6 Å². The molecule has 2 aromatic carbocycles. The van der Waals surface area contributed by atoms with Crippen LogP contribution in [0.25, 0.3) is 0 Å². The lowest BCUT2D eigenvalue weighted by Crippen LogP contribution is -2.45. The van der Waals surface area contributed by atoms with Gasteiger partial charge in [0.05, 0.1) is 44.0 Å². The number of hydrogen-bond acceptors (Lipinski definition) is 6. The van der Waals surface area contributed by atoms with Crippen LogP contribution in [0.3, 0.4) is 0 Å². The highest BCUT2D eigenvalue weighted by atomic mass is 35.5. The molecule has 4 heterocycles. The average Bonchev–Trinajstić information content (AvgIpc) is 3.72. The third-order valence-corrected chi connectivity index (χ3v) is 12.2. The van der Waals surface area contributed by atoms with Crippen LogP contribution in [0.4, 0.5) is 20.3 Å². The van der Waals surface area contributed by atoms with Crippen molar-refractivity contribution in [3.63, 3.8) is 0 Å². The molecule has 6 rings (SSSR count). The predicted octanol–water partition coefficient (Wildman–Crippen LogP) is 4.99. The van der Waals surface area contributed by atoms with Crippen LogP contribution in [0.5, 0.6) is 0 Å². The molecule has 230 valence electrons. The van der Waals surface area contributed by atoms with Crippen molar-refractivity contribution >= 4 is 49.3 Å². The third kappa shape index (κ3) is 5.03. The number of fused-ring (bicyclic) bond motifs is 2. The predicted molar refractivity (Wildman–Crippen MR) is 162 cm³/mol. The summed E-state index contributed by atoms with van der Waals surface area (Å²) < 4.78 is 27.9. The number of likely N-dealkylation sites (tertiary alicyclic amines) is 1. The first kappa shape index (κ1) is 30.1. The molecule has 3 fully saturated rings. The number of aliphatic hydroxyl groups is 1. The van der Waals surface area contributed by atoms with Crippen molar-refractivity contribution in [1.82, 2.24) is 4.90 Å². The Labute approximate surface area is 256 Å². The lowest BCUT2D eigenvalue weighted by molar-refractivity contribution is -0.150. The maximum atomic E-state index is 16.2. The van der Waals surface area contributed by atoms with Crippen molar-refractivity contribution in [3.8, 4) is 0 Å². The fourth-order valence-corrected chi connectivity index (χ4v) is 10.3. The molecule has 0 saturated carbocycles. The number of nitrogens with zero attached hydrogens (tertiary/aromatic N) is 3. The molecule has 0 radical (unpaired) electrons. The maximum absolute atomic E-state index is 16.2. The zero-order chi connectivity index (χ0) is 30.7. The molecule has 12 heteroatoms. The molecule has 0 aromatic heterocycles. The van der Waals surface area contributed by atoms with E-state index in [0.29, 0.717) is 41.7 Å². The summed E-state index contributed by atoms with van der Waals surface area (Å²) in [5.41, 5.74) is 0.522. The Kier molecular flexibility index (Phi) is 7.81. The molecule has 0 aliphatic carbocycles. The normalized spacial score (nSPS) is 28.7. The number of rotatable bonds is 7. The van der Waals surface area contributed by atoms with Gasteiger partial charge in [0, 0.05) is 34.3 Å². The van der Waals surface area contributed by atoms with E-state index in [0.717, 1.165) is 18.4 Å². The molecule has 3 amide bonds. The monoisotopic (exact) mass is 629 g/mol. The van der Waals surface area contributed by atoms with Gasteiger partial charge in [0.25, 0.3) is 5.91 Å². The summed E-state index contributed by atoms with van der Waals surface area (Å²) in [6.07, 6.45) is 0.236. The summed E-state index contributed by atoms with van der Waals surface area (Å²) in [5, 5.41) is 10.2. The number of cyclic esters (lactones) is 1. The molecule has 3 saturated heterocycles. The van der Waals surface area contributed by atoms with Gasteiger partial charge in [-0.1, -0.05) is 30.7 Å². The van der Waals surface area contributed by atoms with Gasteiger partial charge in [-0.15, -0.1) is 0 Å². The molecule has 43 heavy (non-hydrogen) atoms. The molecule has 4 aliphatic heterocycles. The summed E-state index contributed by atoms with van der Waals surface area (Å²) in [4.78, 5) is 45.1. The van der Waals surface area contributed by atoms with Crippen LogP contribution >= 0.6 is 11.6 Å². The number of aliphatic hydroxyl groups excluding tert-OH is 1. The second-order valence-corrected chi connectivity index (χ2v) is 16.8. The van der Waals surface area contributed by atoms with Gasteiger partial charge in [-0.2, -0.15) is 0 Å². The number of amides is 3. The van der Waals surface area contributed by atoms with E-state index >= 15 is 4.11 Å². The van der Waals surface area contributed by atoms with Crippen LogP contribution in [0.15, 0.2) is 42.5 Å². The van der Waals surface area contributed by atoms with Gasteiger partial charge >= 0.3 is 6.09 Å². The third-order valence-electron chi connectivity index (χ3n) is 9.53. The number of ether oxygens (including phenoxy) is 2. The highest BCUT2D eigenvalue weighted by Gasteiger charge is 2.67. The van der Waals surface area contributed by atoms with Crippen molar-refractivity contribution in [2.45, 2.75) is 69.1 Å². The number of carbonyl (C=O) groups excluding carboxylic acids is 3. The Morgan fingerprint density at radius 3 is 2.67 bits per heavy atom. The summed E-state index contributed by atoms with van der Waals surface area (Å²) in [5.74, 6) is -1.08. The maximum Gasteiger partial charge on any atom is 0.414 e. The number of benzene rings is 2. The van der Waals surface area contributed by atoms with E-state index < -0.39 is 37.7 Å². The van der Waals surface area contributed by atoms with Crippen LogP contribution in [-0.2, 0) is 31.2 Å². The summed E-state index contributed by atoms with van der Waals surface area (Å²) in [6.45, 7) is 6.43. The second kappa shape index (κ2) is 11.2. The minimum absolute atomic E-state index is 0.0647. The molecular formula is C31H37ClFN3O6Si. The zero-order valence-corrected chi connectivity index (χ0v) is 26.3. The minimum atomic E-state index is -3.46. The Morgan fingerprint density at radius 2 is 1.98 bits per heavy atom. The van der Waals surface area contributed by atoms with Crippen molar-refractivity contribution in [2.24, 2.45) is 5.92 Å². The number of hydrogen-bond donors (Lipinski definition) is 1. The largest absolute Gasteiger partial charge is 0.447 e. The fraction of sp³-hybridized carbons (Fsp3) is 0.516. The summed E-state index contributed by atoms with van der Waals surface area (Å²) >= 11 is 6.48. The standard InChI is InChI=1S/C31H37ClFN3O6Si/c1-19-28(43(2,3)33)26(16-27(38)34-11-5-8-23(34)18-37)42-31(19)24-15-21(32)9-10-25(24)36(29(31)39)17-20-6-4-7-22(14-20)35-12-13-41-30(35)40/h4,6-7,9-10,14-15,19,23,26,28,37H,5,8,11-13,16-18H2,1-3H3/t19-,23-,26+,28-,31+/m0/s1. The molecule has 0 unspecified atom stereocenters. The first-order valence-electron chi connectivity index (χ1n) is 14.9. The second-order valence-electron chi connectivity index (χ2n) is 12.5. The van der Waals surface area contributed by atoms with Gasteiger partial charge in [-0.3, -0.25) is 14.5 Å². The topological polar surface area (TPSA) is 99.6 Å². The van der Waals surface area contributed by atoms with Gasteiger partial charge in [0.2, 0.25) is 14.3 Å². The SMILES string of the molecule is C[C@H]1[C@H]([Si](C)(C)F)[C@@H](CC(=O)N2CCC[C@H]2CO)O[C@]12C(=O)N(Cc1cccc(N3CCOC3=O)c1)c1ccc(Cl)cc12. The van der Waals surface area contributed by atoms with Gasteiger partial charge in [-0.05, 0) is 61.8 Å². The van der Waals surface area contributed by atoms with E-state index in [1.807, 2.05) is 31.2 Å². The van der Waals surface area contributed by atoms with E-state index in [4.69, 9.17) is 21.1 Å². The molecule has 2 aromatic rings. The van der Waals surface area contributed by atoms with Crippen LogP contribution in [0, 0.1) is 5.92 Å². The molecule has 5 atom stereocenters. The van der Waals surface area contributed by atoms with Crippen LogP contribution in [-0.4, -0.2) is 74.8 Å². The Morgan fingerprint density at radius 1 is 1.19 bits per heavy atom. The number of anilines is 2. The summed E-state index contributed by atoms with van der Waals surface area (Å²) in [6, 6.07) is 12.3. The van der Waals surface area contributed by atoms with Crippen LogP contribution in [0.2, 0.25) is 23.7 Å². The zero-order valence-electron chi connectivity index (χ0n) is 24.6. The lowest BCUT2D eigenvalue weighted by atomic mass is 9.82. The first-order valence-corrected chi connectivity index (χ1v) is 18.2. The fourth-order valence-electron chi connectivity index (χ4n) is 7.65. The molecule has 9 nitrogen and oxygen atoms in total. The Hall–Kier alpha value is -2.99. The van der Waals surface area contributed by atoms with Crippen molar-refractivity contribution in [1.29, 1.82) is 0 Å². The Balaban J connectivity index is 1.35. The van der Waals surface area contributed by atoms with Gasteiger partial charge in [0.15, 0.2) is 5.60 Å². The van der Waals surface area contributed by atoms with Crippen molar-refractivity contribution in [2.75, 3.05) is 36.1 Å². The summed E-state index contributed by atoms with van der Waals surface area (Å²) in [7, 11) is -3.46. The average molecular weight is 630 g/mol. The molecule has 1 spiro atoms. The van der Waals surface area contributed by atoms with E-state index in [1.54, 1.807) is 46.0 Å². The molecular weight excluding hydrogens is 593 g/mol. The smallest absolute Gasteiger partial charge is 0.414 e. The van der Waals surface area contributed by atoms with Crippen molar-refractivity contribution < 1.29 is 33.1 Å². The number of halogens is 2. The molecule has 4 aliphatic rings. The van der Waals surface area contributed by atoms with E-state index in [-0.39, 0.29) is 37.4 Å². The van der Waals surface area contributed by atoms with Gasteiger partial charge in [0.1, 0.15) is 6.61 Å². The van der Waals surface area contributed by atoms with E-state index in [9.17, 15) is 19.5 Å². The van der Waals surface area contributed by atoms with Gasteiger partial charge < -0.3 is 28.5 Å². The van der Waals surface area contributed by atoms with Crippen LogP contribution in [0.1, 0.15) is 37.3 Å². The van der Waals surface area contributed by atoms with E-state index in [2.05, 4.69) is 0 Å². The lowest BCUT2D eigenvalue weighted by Gasteiger charge is -2.31. The van der Waals surface area contributed by atoms with E-state index in [1.165, 1.54) is 0 Å². The van der Waals surface area contributed by atoms with Gasteiger partial charge in [-0.25, -0.2) is 4.79 Å². The molecule has 1 N–H and O–H groups in total. The highest BCUT2D eigenvalue weighted by molar-refractivity contribution is 6.72. The highest BCUT2D eigenvalue weighted by Crippen LogP contribution is 2.60. The molecule has 0 bridgehead atoms.